The van der Waals surface area contributed by atoms with E-state index in [0.29, 0.717) is 18.7 Å². The number of carbonyl (C=O) groups excluding carboxylic acids is 1. The Morgan fingerprint density at radius 3 is 2.90 bits per heavy atom. The molecule has 0 unspecified atom stereocenters. The monoisotopic (exact) mass is 277 g/mol. The van der Waals surface area contributed by atoms with Crippen LogP contribution in [0, 0.1) is 5.41 Å². The molecule has 6 heteroatoms. The Kier molecular flexibility index (Phi) is 4.01. The van der Waals surface area contributed by atoms with Crippen LogP contribution in [0.3, 0.4) is 0 Å². The molecule has 2 heterocycles. The van der Waals surface area contributed by atoms with Gasteiger partial charge in [0.05, 0.1) is 12.2 Å². The van der Waals surface area contributed by atoms with Crippen LogP contribution in [0.25, 0.3) is 0 Å². The number of nitrogens with zero attached hydrogens (tertiary/aromatic N) is 3. The summed E-state index contributed by atoms with van der Waals surface area (Å²) in [7, 11) is 0. The van der Waals surface area contributed by atoms with E-state index < -0.39 is 5.97 Å². The van der Waals surface area contributed by atoms with Crippen molar-refractivity contribution in [3.63, 3.8) is 0 Å². The molecule has 1 saturated heterocycles. The number of aromatic nitrogens is 2. The first-order valence-corrected chi connectivity index (χ1v) is 6.69. The van der Waals surface area contributed by atoms with Crippen LogP contribution >= 0.6 is 0 Å². The van der Waals surface area contributed by atoms with E-state index in [-0.39, 0.29) is 23.4 Å². The third-order valence-electron chi connectivity index (χ3n) is 3.79. The number of carboxylic acid groups (broad SMARTS) is 1. The highest BCUT2D eigenvalue weighted by Gasteiger charge is 2.28. The molecule has 0 aromatic carbocycles. The van der Waals surface area contributed by atoms with E-state index in [2.05, 4.69) is 23.8 Å². The van der Waals surface area contributed by atoms with Crippen molar-refractivity contribution in [1.29, 1.82) is 0 Å². The van der Waals surface area contributed by atoms with Gasteiger partial charge in [-0.25, -0.2) is 14.8 Å². The number of rotatable bonds is 3. The molecule has 2 rings (SSSR count). The van der Waals surface area contributed by atoms with Gasteiger partial charge in [-0.15, -0.1) is 0 Å². The van der Waals surface area contributed by atoms with Gasteiger partial charge < -0.3 is 10.0 Å². The van der Waals surface area contributed by atoms with Crippen LogP contribution in [0.2, 0.25) is 0 Å². The van der Waals surface area contributed by atoms with E-state index in [0.717, 1.165) is 12.8 Å². The molecule has 20 heavy (non-hydrogen) atoms. The quantitative estimate of drug-likeness (QED) is 0.909. The fourth-order valence-corrected chi connectivity index (χ4v) is 2.30. The van der Waals surface area contributed by atoms with Gasteiger partial charge >= 0.3 is 5.97 Å². The lowest BCUT2D eigenvalue weighted by molar-refractivity contribution is -0.131. The molecule has 1 N–H and O–H groups in total. The van der Waals surface area contributed by atoms with Gasteiger partial charge in [-0.2, -0.15) is 0 Å². The van der Waals surface area contributed by atoms with Crippen LogP contribution < -0.4 is 0 Å². The van der Waals surface area contributed by atoms with Crippen LogP contribution in [0.4, 0.5) is 0 Å². The number of hydrogen-bond donors (Lipinski definition) is 1. The Bertz CT molecular complexity index is 528. The van der Waals surface area contributed by atoms with Crippen molar-refractivity contribution in [2.24, 2.45) is 5.41 Å². The van der Waals surface area contributed by atoms with Gasteiger partial charge in [-0.3, -0.25) is 4.79 Å². The first kappa shape index (κ1) is 14.4. The SMILES string of the molecule is CC1(C)CCC(=O)N(Cc2ncncc2C(=O)O)CC1. The lowest BCUT2D eigenvalue weighted by Gasteiger charge is -2.23. The molecule has 0 atom stereocenters. The van der Waals surface area contributed by atoms with E-state index in [4.69, 9.17) is 5.11 Å². The smallest absolute Gasteiger partial charge is 0.339 e. The number of hydrogen-bond acceptors (Lipinski definition) is 4. The third-order valence-corrected chi connectivity index (χ3v) is 3.79. The molecular weight excluding hydrogens is 258 g/mol. The molecule has 0 bridgehead atoms. The minimum absolute atomic E-state index is 0.0591. The van der Waals surface area contributed by atoms with E-state index in [9.17, 15) is 9.59 Å². The first-order chi connectivity index (χ1) is 9.39. The van der Waals surface area contributed by atoms with Gasteiger partial charge in [0.1, 0.15) is 11.9 Å². The highest BCUT2D eigenvalue weighted by Crippen LogP contribution is 2.30. The predicted octanol–water partition coefficient (Wildman–Crippen LogP) is 1.71. The van der Waals surface area contributed by atoms with Crippen LogP contribution in [0.5, 0.6) is 0 Å². The summed E-state index contributed by atoms with van der Waals surface area (Å²) in [4.78, 5) is 32.7. The standard InChI is InChI=1S/C14H19N3O3/c1-14(2)4-3-12(18)17(6-5-14)8-11-10(13(19)20)7-15-9-16-11/h7,9H,3-6,8H2,1-2H3,(H,19,20). The van der Waals surface area contributed by atoms with Crippen LogP contribution in [0.15, 0.2) is 12.5 Å². The molecule has 1 fully saturated rings. The summed E-state index contributed by atoms with van der Waals surface area (Å²) in [6.45, 7) is 5.17. The van der Waals surface area contributed by atoms with Crippen LogP contribution in [0.1, 0.15) is 49.2 Å². The average Bonchev–Trinajstić information content (AvgIpc) is 2.52. The number of carboxylic acids is 1. The van der Waals surface area contributed by atoms with Gasteiger partial charge in [0, 0.05) is 19.2 Å². The summed E-state index contributed by atoms with van der Waals surface area (Å²) in [5, 5.41) is 9.12. The largest absolute Gasteiger partial charge is 0.478 e. The molecule has 1 aromatic rings. The molecule has 0 aliphatic carbocycles. The van der Waals surface area contributed by atoms with Crippen LogP contribution in [-0.2, 0) is 11.3 Å². The summed E-state index contributed by atoms with van der Waals surface area (Å²) in [6.07, 6.45) is 4.86. The molecule has 0 spiro atoms. The highest BCUT2D eigenvalue weighted by molar-refractivity contribution is 5.88. The molecule has 0 saturated carbocycles. The number of amides is 1. The molecule has 1 aliphatic heterocycles. The van der Waals surface area contributed by atoms with Gasteiger partial charge in [-0.05, 0) is 18.3 Å². The summed E-state index contributed by atoms with van der Waals surface area (Å²) >= 11 is 0. The van der Waals surface area contributed by atoms with E-state index in [1.165, 1.54) is 12.5 Å². The molecule has 1 aromatic heterocycles. The number of carbonyl (C=O) groups is 2. The fraction of sp³-hybridized carbons (Fsp3) is 0.571. The second-order valence-corrected chi connectivity index (χ2v) is 5.92. The molecule has 0 radical (unpaired) electrons. The lowest BCUT2D eigenvalue weighted by atomic mass is 9.85. The van der Waals surface area contributed by atoms with Gasteiger partial charge in [-0.1, -0.05) is 13.8 Å². The normalized spacial score (nSPS) is 18.7. The highest BCUT2D eigenvalue weighted by atomic mass is 16.4. The zero-order valence-corrected chi connectivity index (χ0v) is 11.8. The average molecular weight is 277 g/mol. The maximum absolute atomic E-state index is 12.1. The first-order valence-electron chi connectivity index (χ1n) is 6.69. The van der Waals surface area contributed by atoms with E-state index >= 15 is 0 Å². The minimum atomic E-state index is -1.07. The van der Waals surface area contributed by atoms with Crippen molar-refractivity contribution in [2.75, 3.05) is 6.54 Å². The van der Waals surface area contributed by atoms with Crippen molar-refractivity contribution in [2.45, 2.75) is 39.7 Å². The van der Waals surface area contributed by atoms with Crippen LogP contribution in [-0.4, -0.2) is 38.4 Å². The van der Waals surface area contributed by atoms with Crippen molar-refractivity contribution >= 4 is 11.9 Å². The number of likely N-dealkylation sites (tertiary alicyclic amines) is 1. The maximum atomic E-state index is 12.1. The second kappa shape index (κ2) is 5.56. The Morgan fingerprint density at radius 1 is 1.45 bits per heavy atom. The molecule has 6 nitrogen and oxygen atoms in total. The number of aromatic carboxylic acids is 1. The van der Waals surface area contributed by atoms with Crippen molar-refractivity contribution in [3.8, 4) is 0 Å². The Hall–Kier alpha value is -1.98. The second-order valence-electron chi connectivity index (χ2n) is 5.92. The predicted molar refractivity (Wildman–Crippen MR) is 72.0 cm³/mol. The minimum Gasteiger partial charge on any atom is -0.478 e. The maximum Gasteiger partial charge on any atom is 0.339 e. The summed E-state index contributed by atoms with van der Waals surface area (Å²) in [5.74, 6) is -1.01. The summed E-state index contributed by atoms with van der Waals surface area (Å²) in [6, 6.07) is 0. The zero-order chi connectivity index (χ0) is 14.8. The zero-order valence-electron chi connectivity index (χ0n) is 11.8. The van der Waals surface area contributed by atoms with Crippen molar-refractivity contribution in [1.82, 2.24) is 14.9 Å². The van der Waals surface area contributed by atoms with Gasteiger partial charge in [0.25, 0.3) is 0 Å². The Balaban J connectivity index is 2.17. The summed E-state index contributed by atoms with van der Waals surface area (Å²) < 4.78 is 0. The topological polar surface area (TPSA) is 83.4 Å². The summed E-state index contributed by atoms with van der Waals surface area (Å²) in [5.41, 5.74) is 0.593. The third kappa shape index (κ3) is 3.31. The lowest BCUT2D eigenvalue weighted by Crippen LogP contribution is -2.31. The van der Waals surface area contributed by atoms with Crippen molar-refractivity contribution < 1.29 is 14.7 Å². The van der Waals surface area contributed by atoms with E-state index in [1.54, 1.807) is 4.90 Å². The molecule has 108 valence electrons. The molecular formula is C14H19N3O3. The molecule has 1 amide bonds. The Morgan fingerprint density at radius 2 is 2.20 bits per heavy atom. The van der Waals surface area contributed by atoms with Gasteiger partial charge in [0.2, 0.25) is 5.91 Å². The van der Waals surface area contributed by atoms with Gasteiger partial charge in [0.15, 0.2) is 0 Å². The van der Waals surface area contributed by atoms with Crippen molar-refractivity contribution in [3.05, 3.63) is 23.8 Å². The van der Waals surface area contributed by atoms with E-state index in [1.807, 2.05) is 0 Å². The fourth-order valence-electron chi connectivity index (χ4n) is 2.30. The Labute approximate surface area is 117 Å². The molecule has 1 aliphatic rings.